The second-order valence-electron chi connectivity index (χ2n) is 8.17. The third-order valence-corrected chi connectivity index (χ3v) is 8.61. The molecule has 35 heavy (non-hydrogen) atoms. The molecule has 2 N–H and O–H groups in total. The Kier molecular flexibility index (Phi) is 7.94. The Bertz CT molecular complexity index is 1190. The molecule has 2 aliphatic heterocycles. The lowest BCUT2D eigenvalue weighted by Crippen LogP contribution is -2.59. The number of carboxylic acids is 1. The number of thiazole rings is 1. The van der Waals surface area contributed by atoms with Crippen LogP contribution < -0.4 is 5.32 Å². The van der Waals surface area contributed by atoms with Crippen LogP contribution in [0, 0.1) is 5.82 Å². The van der Waals surface area contributed by atoms with Crippen LogP contribution in [0.15, 0.2) is 50.5 Å². The predicted octanol–water partition coefficient (Wildman–Crippen LogP) is 3.85. The molecule has 186 valence electrons. The molecule has 1 fully saturated rings. The second kappa shape index (κ2) is 10.8. The van der Waals surface area contributed by atoms with Gasteiger partial charge in [-0.15, -0.1) is 11.3 Å². The van der Waals surface area contributed by atoms with Crippen LogP contribution in [0.2, 0.25) is 0 Å². The molecule has 1 aromatic heterocycles. The van der Waals surface area contributed by atoms with Crippen molar-refractivity contribution in [3.8, 4) is 0 Å². The van der Waals surface area contributed by atoms with E-state index in [1.54, 1.807) is 37.9 Å². The summed E-state index contributed by atoms with van der Waals surface area (Å²) >= 11 is 6.38. The molecule has 0 aliphatic carbocycles. The van der Waals surface area contributed by atoms with E-state index >= 15 is 0 Å². The SMILES string of the molecule is CCOC(=O)C1=C(CN2CCSCC2(C)C(=O)O)NC(c2nccs2)=NC1c1ccc(F)cc1Br. The summed E-state index contributed by atoms with van der Waals surface area (Å²) in [5, 5.41) is 15.7. The second-order valence-corrected chi connectivity index (χ2v) is 11.0. The number of hydrogen-bond donors (Lipinski definition) is 2. The van der Waals surface area contributed by atoms with Crippen molar-refractivity contribution in [2.45, 2.75) is 25.4 Å². The third kappa shape index (κ3) is 5.30. The van der Waals surface area contributed by atoms with Crippen LogP contribution in [0.5, 0.6) is 0 Å². The summed E-state index contributed by atoms with van der Waals surface area (Å²) in [6, 6.07) is 3.40. The largest absolute Gasteiger partial charge is 0.480 e. The fourth-order valence-corrected chi connectivity index (χ4v) is 6.34. The van der Waals surface area contributed by atoms with Crippen molar-refractivity contribution >= 4 is 56.8 Å². The average molecular weight is 584 g/mol. The number of thioether (sulfide) groups is 1. The van der Waals surface area contributed by atoms with Crippen molar-refractivity contribution in [2.24, 2.45) is 4.99 Å². The number of carboxylic acid groups (broad SMARTS) is 1. The topological polar surface area (TPSA) is 104 Å². The first-order valence-electron chi connectivity index (χ1n) is 10.9. The van der Waals surface area contributed by atoms with E-state index in [1.165, 1.54) is 23.5 Å². The van der Waals surface area contributed by atoms with Gasteiger partial charge in [-0.1, -0.05) is 22.0 Å². The number of aliphatic imine (C=N–C) groups is 1. The van der Waals surface area contributed by atoms with Gasteiger partial charge in [0.15, 0.2) is 10.8 Å². The lowest BCUT2D eigenvalue weighted by molar-refractivity contribution is -0.148. The normalized spacial score (nSPS) is 23.0. The number of nitrogens with zero attached hydrogens (tertiary/aromatic N) is 3. The van der Waals surface area contributed by atoms with E-state index < -0.39 is 29.3 Å². The highest BCUT2D eigenvalue weighted by atomic mass is 79.9. The molecular formula is C23H24BrFN4O4S2. The molecule has 0 saturated carbocycles. The Morgan fingerprint density at radius 2 is 2.23 bits per heavy atom. The summed E-state index contributed by atoms with van der Waals surface area (Å²) in [5.74, 6) is -0.279. The van der Waals surface area contributed by atoms with Crippen LogP contribution in [0.3, 0.4) is 0 Å². The van der Waals surface area contributed by atoms with Crippen molar-refractivity contribution in [2.75, 3.05) is 31.2 Å². The standard InChI is InChI=1S/C23H24BrFN4O4S2/c1-3-33-21(30)17-16(11-29-7-9-34-12-23(29,2)22(31)32)27-19(20-26-6-8-35-20)28-18(17)14-5-4-13(25)10-15(14)24/h4-6,8,10,18H,3,7,9,11-12H2,1-2H3,(H,27,28)(H,31,32). The van der Waals surface area contributed by atoms with Gasteiger partial charge in [0, 0.05) is 46.3 Å². The minimum Gasteiger partial charge on any atom is -0.480 e. The van der Waals surface area contributed by atoms with Gasteiger partial charge in [0.1, 0.15) is 17.4 Å². The van der Waals surface area contributed by atoms with Crippen LogP contribution in [0.25, 0.3) is 0 Å². The van der Waals surface area contributed by atoms with Gasteiger partial charge in [-0.3, -0.25) is 14.7 Å². The van der Waals surface area contributed by atoms with Crippen LogP contribution in [-0.2, 0) is 14.3 Å². The van der Waals surface area contributed by atoms with E-state index in [9.17, 15) is 19.1 Å². The Hall–Kier alpha value is -2.28. The Balaban J connectivity index is 1.86. The maximum absolute atomic E-state index is 13.9. The lowest BCUT2D eigenvalue weighted by atomic mass is 9.94. The number of aliphatic carboxylic acids is 1. The van der Waals surface area contributed by atoms with E-state index in [-0.39, 0.29) is 18.7 Å². The van der Waals surface area contributed by atoms with Gasteiger partial charge in [-0.05, 0) is 31.5 Å². The van der Waals surface area contributed by atoms with Crippen molar-refractivity contribution < 1.29 is 23.8 Å². The molecule has 0 bridgehead atoms. The number of ether oxygens (including phenoxy) is 1. The molecule has 2 aromatic rings. The molecule has 1 saturated heterocycles. The minimum absolute atomic E-state index is 0.156. The van der Waals surface area contributed by atoms with E-state index in [0.29, 0.717) is 38.9 Å². The first kappa shape index (κ1) is 25.8. The van der Waals surface area contributed by atoms with Crippen LogP contribution in [0.1, 0.15) is 30.5 Å². The summed E-state index contributed by atoms with van der Waals surface area (Å²) in [7, 11) is 0. The summed E-state index contributed by atoms with van der Waals surface area (Å²) < 4.78 is 19.7. The van der Waals surface area contributed by atoms with E-state index in [2.05, 4.69) is 26.2 Å². The third-order valence-electron chi connectivity index (χ3n) is 5.91. The van der Waals surface area contributed by atoms with Crippen molar-refractivity contribution in [3.05, 3.63) is 61.9 Å². The maximum Gasteiger partial charge on any atom is 0.338 e. The van der Waals surface area contributed by atoms with E-state index in [0.717, 1.165) is 5.75 Å². The van der Waals surface area contributed by atoms with Gasteiger partial charge in [0.2, 0.25) is 0 Å². The number of rotatable bonds is 7. The van der Waals surface area contributed by atoms with Crippen LogP contribution in [-0.4, -0.2) is 69.5 Å². The molecule has 8 nitrogen and oxygen atoms in total. The molecule has 0 amide bonds. The number of halogens is 2. The van der Waals surface area contributed by atoms with E-state index in [4.69, 9.17) is 9.73 Å². The number of benzene rings is 1. The van der Waals surface area contributed by atoms with Crippen molar-refractivity contribution in [1.82, 2.24) is 15.2 Å². The quantitative estimate of drug-likeness (QED) is 0.474. The fourth-order valence-electron chi connectivity index (χ4n) is 3.99. The predicted molar refractivity (Wildman–Crippen MR) is 137 cm³/mol. The van der Waals surface area contributed by atoms with Gasteiger partial charge >= 0.3 is 11.9 Å². The number of hydrogen-bond acceptors (Lipinski definition) is 9. The Morgan fingerprint density at radius 1 is 1.43 bits per heavy atom. The van der Waals surface area contributed by atoms with Gasteiger partial charge in [0.25, 0.3) is 0 Å². The average Bonchev–Trinajstić information content (AvgIpc) is 3.35. The van der Waals surface area contributed by atoms with Gasteiger partial charge in [0.05, 0.1) is 12.2 Å². The zero-order chi connectivity index (χ0) is 25.2. The highest BCUT2D eigenvalue weighted by Gasteiger charge is 2.43. The summed E-state index contributed by atoms with van der Waals surface area (Å²) in [6.45, 7) is 4.26. The zero-order valence-electron chi connectivity index (χ0n) is 19.1. The lowest BCUT2D eigenvalue weighted by Gasteiger charge is -2.42. The highest BCUT2D eigenvalue weighted by Crippen LogP contribution is 2.38. The first-order chi connectivity index (χ1) is 16.7. The molecule has 1 aromatic carbocycles. The summed E-state index contributed by atoms with van der Waals surface area (Å²) in [4.78, 5) is 36.5. The van der Waals surface area contributed by atoms with Crippen molar-refractivity contribution in [1.29, 1.82) is 0 Å². The maximum atomic E-state index is 13.9. The smallest absolute Gasteiger partial charge is 0.338 e. The zero-order valence-corrected chi connectivity index (χ0v) is 22.3. The van der Waals surface area contributed by atoms with Gasteiger partial charge in [-0.2, -0.15) is 11.8 Å². The molecule has 0 radical (unpaired) electrons. The number of carbonyl (C=O) groups is 2. The molecule has 2 unspecified atom stereocenters. The molecule has 3 heterocycles. The number of esters is 1. The molecule has 4 rings (SSSR count). The van der Waals surface area contributed by atoms with Gasteiger partial charge < -0.3 is 15.2 Å². The van der Waals surface area contributed by atoms with Gasteiger partial charge in [-0.25, -0.2) is 14.2 Å². The summed E-state index contributed by atoms with van der Waals surface area (Å²) in [5.41, 5.74) is 0.214. The fraction of sp³-hybridized carbons (Fsp3) is 0.391. The number of amidine groups is 1. The molecule has 0 spiro atoms. The number of aromatic nitrogens is 1. The van der Waals surface area contributed by atoms with Crippen LogP contribution >= 0.6 is 39.0 Å². The molecular weight excluding hydrogens is 559 g/mol. The Morgan fingerprint density at radius 3 is 2.89 bits per heavy atom. The molecule has 2 atom stereocenters. The van der Waals surface area contributed by atoms with Crippen molar-refractivity contribution in [3.63, 3.8) is 0 Å². The minimum atomic E-state index is -1.11. The number of nitrogens with one attached hydrogen (secondary N) is 1. The van der Waals surface area contributed by atoms with E-state index in [1.807, 2.05) is 10.3 Å². The molecule has 2 aliphatic rings. The highest BCUT2D eigenvalue weighted by molar-refractivity contribution is 9.10. The first-order valence-corrected chi connectivity index (χ1v) is 13.7. The summed E-state index contributed by atoms with van der Waals surface area (Å²) in [6.07, 6.45) is 1.65. The monoisotopic (exact) mass is 582 g/mol. The molecule has 12 heteroatoms. The number of carbonyl (C=O) groups excluding carboxylic acids is 1. The Labute approximate surface area is 218 Å². The van der Waals surface area contributed by atoms with Crippen LogP contribution in [0.4, 0.5) is 4.39 Å².